The Bertz CT molecular complexity index is 282. The SMILES string of the molecule is CC1CC(NS(=O)(=O)N(C)C)CCN1.Cl. The molecule has 2 atom stereocenters. The highest BCUT2D eigenvalue weighted by atomic mass is 35.5. The van der Waals surface area contributed by atoms with Gasteiger partial charge in [-0.15, -0.1) is 12.4 Å². The minimum Gasteiger partial charge on any atom is -0.314 e. The first-order valence-electron chi connectivity index (χ1n) is 4.85. The first-order chi connectivity index (χ1) is 6.42. The van der Waals surface area contributed by atoms with Crippen molar-refractivity contribution in [1.29, 1.82) is 0 Å². The fraction of sp³-hybridized carbons (Fsp3) is 1.00. The van der Waals surface area contributed by atoms with Crippen molar-refractivity contribution in [2.24, 2.45) is 0 Å². The summed E-state index contributed by atoms with van der Waals surface area (Å²) in [6.07, 6.45) is 1.71. The lowest BCUT2D eigenvalue weighted by molar-refractivity contribution is 0.355. The molecule has 0 aromatic carbocycles. The van der Waals surface area contributed by atoms with Crippen molar-refractivity contribution in [3.05, 3.63) is 0 Å². The Hall–Kier alpha value is 0.120. The first kappa shape index (κ1) is 15.1. The van der Waals surface area contributed by atoms with E-state index in [1.54, 1.807) is 0 Å². The van der Waals surface area contributed by atoms with Gasteiger partial charge < -0.3 is 5.32 Å². The van der Waals surface area contributed by atoms with Gasteiger partial charge in [-0.1, -0.05) is 0 Å². The van der Waals surface area contributed by atoms with Crippen LogP contribution in [-0.4, -0.2) is 45.4 Å². The molecule has 7 heteroatoms. The quantitative estimate of drug-likeness (QED) is 0.745. The van der Waals surface area contributed by atoms with Gasteiger partial charge in [0.15, 0.2) is 0 Å². The van der Waals surface area contributed by atoms with E-state index >= 15 is 0 Å². The lowest BCUT2D eigenvalue weighted by atomic mass is 10.0. The van der Waals surface area contributed by atoms with Crippen LogP contribution in [0.4, 0.5) is 0 Å². The van der Waals surface area contributed by atoms with Gasteiger partial charge in [-0.25, -0.2) is 0 Å². The Morgan fingerprint density at radius 1 is 1.40 bits per heavy atom. The summed E-state index contributed by atoms with van der Waals surface area (Å²) in [6, 6.07) is 0.456. The van der Waals surface area contributed by atoms with E-state index in [1.165, 1.54) is 18.4 Å². The molecule has 0 spiro atoms. The molecular formula is C8H20ClN3O2S. The van der Waals surface area contributed by atoms with Crippen LogP contribution >= 0.6 is 12.4 Å². The molecule has 0 aliphatic carbocycles. The molecule has 1 aliphatic rings. The summed E-state index contributed by atoms with van der Waals surface area (Å²) in [6.45, 7) is 2.94. The van der Waals surface area contributed by atoms with Gasteiger partial charge in [0.2, 0.25) is 0 Å². The van der Waals surface area contributed by atoms with Crippen molar-refractivity contribution in [2.45, 2.75) is 31.8 Å². The molecule has 1 heterocycles. The second-order valence-electron chi connectivity index (χ2n) is 3.98. The highest BCUT2D eigenvalue weighted by molar-refractivity contribution is 7.87. The summed E-state index contributed by atoms with van der Waals surface area (Å²) in [5.74, 6) is 0. The van der Waals surface area contributed by atoms with Crippen LogP contribution in [0.3, 0.4) is 0 Å². The number of nitrogens with one attached hydrogen (secondary N) is 2. The molecule has 1 rings (SSSR count). The fourth-order valence-corrected chi connectivity index (χ4v) is 2.40. The fourth-order valence-electron chi connectivity index (χ4n) is 1.55. The maximum absolute atomic E-state index is 11.5. The van der Waals surface area contributed by atoms with Crippen LogP contribution in [0.25, 0.3) is 0 Å². The van der Waals surface area contributed by atoms with Crippen LogP contribution in [0.2, 0.25) is 0 Å². The van der Waals surface area contributed by atoms with Crippen LogP contribution in [0.5, 0.6) is 0 Å². The zero-order valence-electron chi connectivity index (χ0n) is 9.36. The second kappa shape index (κ2) is 6.00. The lowest BCUT2D eigenvalue weighted by Crippen LogP contribution is -2.49. The van der Waals surface area contributed by atoms with E-state index in [0.29, 0.717) is 6.04 Å². The van der Waals surface area contributed by atoms with Crippen LogP contribution < -0.4 is 10.0 Å². The molecule has 0 bridgehead atoms. The molecular weight excluding hydrogens is 238 g/mol. The second-order valence-corrected chi connectivity index (χ2v) is 5.90. The highest BCUT2D eigenvalue weighted by Crippen LogP contribution is 2.09. The number of nitrogens with zero attached hydrogens (tertiary/aromatic N) is 1. The number of hydrogen-bond donors (Lipinski definition) is 2. The van der Waals surface area contributed by atoms with Crippen molar-refractivity contribution >= 4 is 22.6 Å². The molecule has 1 saturated heterocycles. The van der Waals surface area contributed by atoms with E-state index in [1.807, 2.05) is 0 Å². The molecule has 0 amide bonds. The average Bonchev–Trinajstić information content (AvgIpc) is 2.02. The summed E-state index contributed by atoms with van der Waals surface area (Å²) in [5.41, 5.74) is 0. The van der Waals surface area contributed by atoms with Crippen LogP contribution in [0, 0.1) is 0 Å². The molecule has 1 aliphatic heterocycles. The van der Waals surface area contributed by atoms with E-state index in [0.717, 1.165) is 19.4 Å². The summed E-state index contributed by atoms with van der Waals surface area (Å²) < 4.78 is 26.9. The summed E-state index contributed by atoms with van der Waals surface area (Å²) >= 11 is 0. The van der Waals surface area contributed by atoms with Gasteiger partial charge in [0.25, 0.3) is 10.2 Å². The lowest BCUT2D eigenvalue weighted by Gasteiger charge is -2.29. The van der Waals surface area contributed by atoms with Crippen molar-refractivity contribution < 1.29 is 8.42 Å². The Labute approximate surface area is 98.2 Å². The van der Waals surface area contributed by atoms with Crippen molar-refractivity contribution in [2.75, 3.05) is 20.6 Å². The molecule has 0 aromatic rings. The monoisotopic (exact) mass is 257 g/mol. The number of piperidine rings is 1. The number of halogens is 1. The van der Waals surface area contributed by atoms with E-state index in [-0.39, 0.29) is 18.4 Å². The third-order valence-electron chi connectivity index (χ3n) is 2.42. The van der Waals surface area contributed by atoms with Gasteiger partial charge in [0.05, 0.1) is 0 Å². The van der Waals surface area contributed by atoms with Crippen LogP contribution in [-0.2, 0) is 10.2 Å². The Kier molecular flexibility index (Phi) is 6.05. The average molecular weight is 258 g/mol. The summed E-state index contributed by atoms with van der Waals surface area (Å²) in [7, 11) is -0.197. The minimum atomic E-state index is -3.27. The molecule has 5 nitrogen and oxygen atoms in total. The molecule has 1 fully saturated rings. The zero-order chi connectivity index (χ0) is 10.8. The summed E-state index contributed by atoms with van der Waals surface area (Å²) in [5, 5.41) is 3.28. The third kappa shape index (κ3) is 4.65. The molecule has 92 valence electrons. The van der Waals surface area contributed by atoms with E-state index in [4.69, 9.17) is 0 Å². The molecule has 0 radical (unpaired) electrons. The maximum atomic E-state index is 11.5. The standard InChI is InChI=1S/C8H19N3O2S.ClH/c1-7-6-8(4-5-9-7)10-14(12,13)11(2)3;/h7-10H,4-6H2,1-3H3;1H. The van der Waals surface area contributed by atoms with Crippen molar-refractivity contribution in [3.8, 4) is 0 Å². The van der Waals surface area contributed by atoms with E-state index in [2.05, 4.69) is 17.0 Å². The van der Waals surface area contributed by atoms with Gasteiger partial charge in [0.1, 0.15) is 0 Å². The molecule has 2 N–H and O–H groups in total. The predicted molar refractivity (Wildman–Crippen MR) is 63.5 cm³/mol. The van der Waals surface area contributed by atoms with Gasteiger partial charge in [-0.05, 0) is 26.3 Å². The Balaban J connectivity index is 0.00000196. The Morgan fingerprint density at radius 3 is 2.47 bits per heavy atom. The predicted octanol–water partition coefficient (Wildman–Crippen LogP) is -0.0553. The minimum absolute atomic E-state index is 0. The number of rotatable bonds is 3. The van der Waals surface area contributed by atoms with Gasteiger partial charge in [0, 0.05) is 26.2 Å². The first-order valence-corrected chi connectivity index (χ1v) is 6.29. The topological polar surface area (TPSA) is 61.4 Å². The van der Waals surface area contributed by atoms with Gasteiger partial charge >= 0.3 is 0 Å². The largest absolute Gasteiger partial charge is 0.314 e. The summed E-state index contributed by atoms with van der Waals surface area (Å²) in [4.78, 5) is 0. The van der Waals surface area contributed by atoms with E-state index in [9.17, 15) is 8.42 Å². The zero-order valence-corrected chi connectivity index (χ0v) is 11.0. The maximum Gasteiger partial charge on any atom is 0.279 e. The molecule has 0 aromatic heterocycles. The van der Waals surface area contributed by atoms with Crippen molar-refractivity contribution in [1.82, 2.24) is 14.3 Å². The van der Waals surface area contributed by atoms with Crippen LogP contribution in [0.1, 0.15) is 19.8 Å². The highest BCUT2D eigenvalue weighted by Gasteiger charge is 2.23. The van der Waals surface area contributed by atoms with Gasteiger partial charge in [-0.2, -0.15) is 17.4 Å². The number of hydrogen-bond acceptors (Lipinski definition) is 3. The van der Waals surface area contributed by atoms with E-state index < -0.39 is 10.2 Å². The smallest absolute Gasteiger partial charge is 0.279 e. The van der Waals surface area contributed by atoms with Crippen molar-refractivity contribution in [3.63, 3.8) is 0 Å². The molecule has 2 unspecified atom stereocenters. The Morgan fingerprint density at radius 2 is 2.00 bits per heavy atom. The van der Waals surface area contributed by atoms with Crippen LogP contribution in [0.15, 0.2) is 0 Å². The van der Waals surface area contributed by atoms with Gasteiger partial charge in [-0.3, -0.25) is 0 Å². The molecule has 0 saturated carbocycles. The third-order valence-corrected chi connectivity index (χ3v) is 4.01. The molecule has 15 heavy (non-hydrogen) atoms. The normalized spacial score (nSPS) is 27.5.